The van der Waals surface area contributed by atoms with Crippen molar-refractivity contribution in [1.29, 1.82) is 5.26 Å². The number of rotatable bonds is 2. The summed E-state index contributed by atoms with van der Waals surface area (Å²) in [5.41, 5.74) is 1.42. The minimum atomic E-state index is -0.213. The van der Waals surface area contributed by atoms with Crippen molar-refractivity contribution in [3.63, 3.8) is 0 Å². The number of benzene rings is 1. The van der Waals surface area contributed by atoms with Crippen LogP contribution in [-0.2, 0) is 0 Å². The largest absolute Gasteiger partial charge is 0.338 e. The van der Waals surface area contributed by atoms with E-state index in [1.54, 1.807) is 0 Å². The summed E-state index contributed by atoms with van der Waals surface area (Å²) in [6.07, 6.45) is 3.66. The Bertz CT molecular complexity index is 714. The topological polar surface area (TPSA) is 52.8 Å². The fourth-order valence-electron chi connectivity index (χ4n) is 3.53. The first-order chi connectivity index (χ1) is 10.2. The SMILES string of the molecule is N#Cc1nnc(N2CC3(CCC3)C2c2ccc(F)cc2)s1. The third-order valence-corrected chi connectivity index (χ3v) is 5.53. The third-order valence-electron chi connectivity index (χ3n) is 4.67. The number of halogens is 1. The monoisotopic (exact) mass is 300 g/mol. The number of nitriles is 1. The summed E-state index contributed by atoms with van der Waals surface area (Å²) in [5, 5.41) is 18.1. The van der Waals surface area contributed by atoms with Gasteiger partial charge in [-0.25, -0.2) is 4.39 Å². The maximum atomic E-state index is 13.2. The van der Waals surface area contributed by atoms with Crippen molar-refractivity contribution in [2.75, 3.05) is 11.4 Å². The standard InChI is InChI=1S/C15H13FN4S/c16-11-4-2-10(3-5-11)13-15(6-1-7-15)9-20(13)14-19-18-12(8-17)21-14/h2-5,13H,1,6-7,9H2. The molecule has 1 atom stereocenters. The molecule has 6 heteroatoms. The second-order valence-electron chi connectivity index (χ2n) is 5.80. The summed E-state index contributed by atoms with van der Waals surface area (Å²) >= 11 is 1.32. The Labute approximate surface area is 125 Å². The van der Waals surface area contributed by atoms with Gasteiger partial charge in [-0.1, -0.05) is 29.9 Å². The molecule has 0 bridgehead atoms. The lowest BCUT2D eigenvalue weighted by molar-refractivity contribution is 0.0283. The van der Waals surface area contributed by atoms with E-state index in [-0.39, 0.29) is 11.9 Å². The molecule has 1 aromatic carbocycles. The van der Waals surface area contributed by atoms with Crippen LogP contribution in [-0.4, -0.2) is 16.7 Å². The Morgan fingerprint density at radius 3 is 2.62 bits per heavy atom. The predicted octanol–water partition coefficient (Wildman–Crippen LogP) is 3.28. The first-order valence-electron chi connectivity index (χ1n) is 6.98. The highest BCUT2D eigenvalue weighted by atomic mass is 32.1. The lowest BCUT2D eigenvalue weighted by Crippen LogP contribution is -2.62. The molecule has 0 N–H and O–H groups in total. The van der Waals surface area contributed by atoms with Crippen LogP contribution in [0.2, 0.25) is 0 Å². The van der Waals surface area contributed by atoms with Crippen LogP contribution in [0.3, 0.4) is 0 Å². The van der Waals surface area contributed by atoms with Gasteiger partial charge < -0.3 is 4.90 Å². The molecule has 1 aromatic heterocycles. The second kappa shape index (κ2) is 4.50. The van der Waals surface area contributed by atoms with E-state index in [0.717, 1.165) is 17.2 Å². The van der Waals surface area contributed by atoms with Crippen LogP contribution in [0.15, 0.2) is 24.3 Å². The summed E-state index contributed by atoms with van der Waals surface area (Å²) in [5.74, 6) is -0.213. The summed E-state index contributed by atoms with van der Waals surface area (Å²) in [4.78, 5) is 2.20. The van der Waals surface area contributed by atoms with Crippen molar-refractivity contribution >= 4 is 16.5 Å². The van der Waals surface area contributed by atoms with Gasteiger partial charge in [0.25, 0.3) is 0 Å². The highest BCUT2D eigenvalue weighted by Crippen LogP contribution is 2.61. The number of anilines is 1. The molecule has 0 radical (unpaired) electrons. The zero-order chi connectivity index (χ0) is 14.4. The molecule has 4 rings (SSSR count). The fraction of sp³-hybridized carbons (Fsp3) is 0.400. The molecule has 2 fully saturated rings. The zero-order valence-corrected chi connectivity index (χ0v) is 12.1. The number of aromatic nitrogens is 2. The molecular weight excluding hydrogens is 287 g/mol. The van der Waals surface area contributed by atoms with Crippen molar-refractivity contribution < 1.29 is 4.39 Å². The van der Waals surface area contributed by atoms with Crippen LogP contribution in [0.4, 0.5) is 9.52 Å². The van der Waals surface area contributed by atoms with E-state index in [9.17, 15) is 4.39 Å². The molecule has 106 valence electrons. The van der Waals surface area contributed by atoms with Gasteiger partial charge >= 0.3 is 0 Å². The van der Waals surface area contributed by atoms with Crippen molar-refractivity contribution in [2.24, 2.45) is 5.41 Å². The van der Waals surface area contributed by atoms with Crippen LogP contribution >= 0.6 is 11.3 Å². The average Bonchev–Trinajstić information content (AvgIpc) is 2.87. The fourth-order valence-corrected chi connectivity index (χ4v) is 4.20. The van der Waals surface area contributed by atoms with Gasteiger partial charge in [-0.2, -0.15) is 5.26 Å². The number of hydrogen-bond donors (Lipinski definition) is 0. The summed E-state index contributed by atoms with van der Waals surface area (Å²) < 4.78 is 13.2. The first-order valence-corrected chi connectivity index (χ1v) is 7.79. The Hall–Kier alpha value is -2.00. The van der Waals surface area contributed by atoms with Crippen molar-refractivity contribution in [3.05, 3.63) is 40.7 Å². The molecule has 1 unspecified atom stereocenters. The maximum Gasteiger partial charge on any atom is 0.219 e. The number of hydrogen-bond acceptors (Lipinski definition) is 5. The van der Waals surface area contributed by atoms with E-state index in [1.807, 2.05) is 18.2 Å². The zero-order valence-electron chi connectivity index (χ0n) is 11.3. The van der Waals surface area contributed by atoms with Gasteiger partial charge in [-0.15, -0.1) is 10.2 Å². The van der Waals surface area contributed by atoms with Crippen LogP contribution in [0.5, 0.6) is 0 Å². The highest BCUT2D eigenvalue weighted by Gasteiger charge is 2.57. The van der Waals surface area contributed by atoms with Crippen LogP contribution < -0.4 is 4.90 Å². The minimum Gasteiger partial charge on any atom is -0.338 e. The van der Waals surface area contributed by atoms with Crippen LogP contribution in [0, 0.1) is 22.6 Å². The van der Waals surface area contributed by atoms with Gasteiger partial charge in [0.2, 0.25) is 10.1 Å². The van der Waals surface area contributed by atoms with Crippen molar-refractivity contribution in [2.45, 2.75) is 25.3 Å². The van der Waals surface area contributed by atoms with Gasteiger partial charge in [0.1, 0.15) is 11.9 Å². The highest BCUT2D eigenvalue weighted by molar-refractivity contribution is 7.15. The lowest BCUT2D eigenvalue weighted by Gasteiger charge is -2.62. The lowest BCUT2D eigenvalue weighted by atomic mass is 9.56. The minimum absolute atomic E-state index is 0.213. The van der Waals surface area contributed by atoms with E-state index < -0.39 is 0 Å². The van der Waals surface area contributed by atoms with Gasteiger partial charge in [-0.3, -0.25) is 0 Å². The Kier molecular flexibility index (Phi) is 2.73. The van der Waals surface area contributed by atoms with E-state index in [2.05, 4.69) is 15.1 Å². The van der Waals surface area contributed by atoms with E-state index >= 15 is 0 Å². The molecular formula is C15H13FN4S. The van der Waals surface area contributed by atoms with Gasteiger partial charge in [0.15, 0.2) is 0 Å². The van der Waals surface area contributed by atoms with E-state index in [4.69, 9.17) is 5.26 Å². The summed E-state index contributed by atoms with van der Waals surface area (Å²) in [6, 6.07) is 9.00. The van der Waals surface area contributed by atoms with Gasteiger partial charge in [-0.05, 0) is 30.5 Å². The normalized spacial score (nSPS) is 22.5. The third kappa shape index (κ3) is 1.84. The second-order valence-corrected chi connectivity index (χ2v) is 6.76. The average molecular weight is 300 g/mol. The molecule has 21 heavy (non-hydrogen) atoms. The molecule has 1 saturated carbocycles. The molecule has 4 nitrogen and oxygen atoms in total. The quantitative estimate of drug-likeness (QED) is 0.854. The Morgan fingerprint density at radius 1 is 1.29 bits per heavy atom. The molecule has 1 aliphatic carbocycles. The van der Waals surface area contributed by atoms with Crippen molar-refractivity contribution in [3.8, 4) is 6.07 Å². The number of nitrogens with zero attached hydrogens (tertiary/aromatic N) is 4. The molecule has 0 amide bonds. The summed E-state index contributed by atoms with van der Waals surface area (Å²) in [7, 11) is 0. The smallest absolute Gasteiger partial charge is 0.219 e. The van der Waals surface area contributed by atoms with Crippen molar-refractivity contribution in [1.82, 2.24) is 10.2 Å². The predicted molar refractivity (Wildman–Crippen MR) is 77.4 cm³/mol. The van der Waals surface area contributed by atoms with Crippen LogP contribution in [0.25, 0.3) is 0 Å². The molecule has 1 saturated heterocycles. The maximum absolute atomic E-state index is 13.2. The summed E-state index contributed by atoms with van der Waals surface area (Å²) in [6.45, 7) is 0.953. The van der Waals surface area contributed by atoms with Gasteiger partial charge in [0.05, 0.1) is 6.04 Å². The molecule has 1 aliphatic heterocycles. The first kappa shape index (κ1) is 12.7. The molecule has 2 aliphatic rings. The van der Waals surface area contributed by atoms with E-state index in [1.165, 1.54) is 42.7 Å². The molecule has 1 spiro atoms. The molecule has 2 heterocycles. The van der Waals surface area contributed by atoms with E-state index in [0.29, 0.717) is 10.4 Å². The molecule has 2 aromatic rings. The van der Waals surface area contributed by atoms with Gasteiger partial charge in [0, 0.05) is 12.0 Å². The Balaban J connectivity index is 1.69. The Morgan fingerprint density at radius 2 is 2.05 bits per heavy atom. The van der Waals surface area contributed by atoms with Crippen LogP contribution in [0.1, 0.15) is 35.9 Å².